The van der Waals surface area contributed by atoms with Crippen LogP contribution in [0.15, 0.2) is 18.2 Å². The van der Waals surface area contributed by atoms with Gasteiger partial charge >= 0.3 is 0 Å². The summed E-state index contributed by atoms with van der Waals surface area (Å²) in [6.07, 6.45) is 25.7. The standard InChI is InChI=1S/C34H66N2/c1-32-26-24-28-34(33(32)2)27-22-20-18-16-14-12-10-8-9-11-13-15-17-19-21-23-30-36(6,7)31-25-29-35(3,4)5/h24,26,28H,8-23,25,27,29-31H2,1-7H3/q+2. The van der Waals surface area contributed by atoms with Crippen LogP contribution in [0.4, 0.5) is 0 Å². The molecule has 0 heterocycles. The van der Waals surface area contributed by atoms with Gasteiger partial charge in [0.2, 0.25) is 0 Å². The van der Waals surface area contributed by atoms with Crippen molar-refractivity contribution in [1.82, 2.24) is 0 Å². The molecule has 0 saturated carbocycles. The Bertz CT molecular complexity index is 656. The van der Waals surface area contributed by atoms with E-state index in [4.69, 9.17) is 0 Å². The van der Waals surface area contributed by atoms with Gasteiger partial charge in [0.05, 0.1) is 54.9 Å². The second kappa shape index (κ2) is 19.2. The first-order chi connectivity index (χ1) is 17.1. The first-order valence-electron chi connectivity index (χ1n) is 15.8. The normalized spacial score (nSPS) is 12.4. The zero-order chi connectivity index (χ0) is 26.7. The molecule has 210 valence electrons. The van der Waals surface area contributed by atoms with E-state index in [1.807, 2.05) is 0 Å². The zero-order valence-electron chi connectivity index (χ0n) is 26.0. The number of hydrogen-bond donors (Lipinski definition) is 0. The number of quaternary nitrogens is 2. The molecule has 36 heavy (non-hydrogen) atoms. The molecular formula is C34H66N2+2. The molecule has 0 N–H and O–H groups in total. The molecule has 0 bridgehead atoms. The molecule has 0 radical (unpaired) electrons. The maximum atomic E-state index is 2.42. The Kier molecular flexibility index (Phi) is 17.7. The Hall–Kier alpha value is -0.860. The highest BCUT2D eigenvalue weighted by atomic mass is 15.3. The summed E-state index contributed by atoms with van der Waals surface area (Å²) in [5, 5.41) is 0. The van der Waals surface area contributed by atoms with Crippen molar-refractivity contribution in [2.24, 2.45) is 0 Å². The van der Waals surface area contributed by atoms with Gasteiger partial charge < -0.3 is 8.97 Å². The SMILES string of the molecule is Cc1cccc(CCCCCCCCCCCCCCCCCC[N+](C)(C)CCC[N+](C)(C)C)c1C. The van der Waals surface area contributed by atoms with Crippen LogP contribution in [0.5, 0.6) is 0 Å². The minimum absolute atomic E-state index is 1.09. The summed E-state index contributed by atoms with van der Waals surface area (Å²) in [6.45, 7) is 8.48. The van der Waals surface area contributed by atoms with E-state index in [9.17, 15) is 0 Å². The fourth-order valence-corrected chi connectivity index (χ4v) is 5.50. The number of rotatable bonds is 23. The van der Waals surface area contributed by atoms with E-state index in [-0.39, 0.29) is 0 Å². The molecule has 0 amide bonds. The molecule has 1 rings (SSSR count). The van der Waals surface area contributed by atoms with Crippen molar-refractivity contribution < 1.29 is 8.97 Å². The van der Waals surface area contributed by atoms with E-state index in [1.165, 1.54) is 151 Å². The van der Waals surface area contributed by atoms with Gasteiger partial charge in [0.15, 0.2) is 0 Å². The Morgan fingerprint density at radius 3 is 1.36 bits per heavy atom. The van der Waals surface area contributed by atoms with E-state index < -0.39 is 0 Å². The van der Waals surface area contributed by atoms with Gasteiger partial charge in [0.1, 0.15) is 0 Å². The number of hydrogen-bond acceptors (Lipinski definition) is 0. The summed E-state index contributed by atoms with van der Waals surface area (Å²) >= 11 is 0. The monoisotopic (exact) mass is 503 g/mol. The van der Waals surface area contributed by atoms with E-state index in [0.717, 1.165) is 4.48 Å². The maximum Gasteiger partial charge on any atom is 0.0836 e. The third kappa shape index (κ3) is 18.4. The molecular weight excluding hydrogens is 436 g/mol. The van der Waals surface area contributed by atoms with E-state index in [0.29, 0.717) is 0 Å². The van der Waals surface area contributed by atoms with Gasteiger partial charge in [-0.05, 0) is 56.2 Å². The van der Waals surface area contributed by atoms with Crippen molar-refractivity contribution in [2.45, 2.75) is 129 Å². The molecule has 0 atom stereocenters. The van der Waals surface area contributed by atoms with Crippen LogP contribution in [-0.2, 0) is 6.42 Å². The van der Waals surface area contributed by atoms with Crippen molar-refractivity contribution in [3.63, 3.8) is 0 Å². The minimum atomic E-state index is 1.09. The first-order valence-corrected chi connectivity index (χ1v) is 15.8. The van der Waals surface area contributed by atoms with Crippen LogP contribution < -0.4 is 0 Å². The van der Waals surface area contributed by atoms with Gasteiger partial charge in [-0.2, -0.15) is 0 Å². The highest BCUT2D eigenvalue weighted by Crippen LogP contribution is 2.17. The van der Waals surface area contributed by atoms with Crippen LogP contribution >= 0.6 is 0 Å². The summed E-state index contributed by atoms with van der Waals surface area (Å²) in [7, 11) is 11.8. The average Bonchev–Trinajstić information content (AvgIpc) is 2.79. The maximum absolute atomic E-state index is 2.42. The molecule has 1 aromatic rings. The lowest BCUT2D eigenvalue weighted by atomic mass is 9.98. The van der Waals surface area contributed by atoms with Gasteiger partial charge in [0, 0.05) is 6.42 Å². The van der Waals surface area contributed by atoms with E-state index >= 15 is 0 Å². The number of aryl methyl sites for hydroxylation is 2. The minimum Gasteiger partial charge on any atom is -0.331 e. The Morgan fingerprint density at radius 1 is 0.472 bits per heavy atom. The summed E-state index contributed by atoms with van der Waals surface area (Å²) in [5.41, 5.74) is 4.52. The van der Waals surface area contributed by atoms with Crippen LogP contribution in [-0.4, -0.2) is 63.8 Å². The molecule has 0 aliphatic carbocycles. The van der Waals surface area contributed by atoms with Gasteiger partial charge in [-0.1, -0.05) is 102 Å². The third-order valence-electron chi connectivity index (χ3n) is 8.27. The number of nitrogens with zero attached hydrogens (tertiary/aromatic N) is 2. The van der Waals surface area contributed by atoms with Crippen LogP contribution in [0.1, 0.15) is 126 Å². The Balaban J connectivity index is 1.80. The number of unbranched alkanes of at least 4 members (excludes halogenated alkanes) is 15. The molecule has 2 nitrogen and oxygen atoms in total. The lowest BCUT2D eigenvalue weighted by Crippen LogP contribution is -2.44. The first kappa shape index (κ1) is 33.2. The highest BCUT2D eigenvalue weighted by molar-refractivity contribution is 5.33. The highest BCUT2D eigenvalue weighted by Gasteiger charge is 2.16. The van der Waals surface area contributed by atoms with Crippen LogP contribution in [0, 0.1) is 13.8 Å². The summed E-state index contributed by atoms with van der Waals surface area (Å²) in [5.74, 6) is 0. The van der Waals surface area contributed by atoms with Gasteiger partial charge in [-0.3, -0.25) is 0 Å². The van der Waals surface area contributed by atoms with Gasteiger partial charge in [-0.15, -0.1) is 0 Å². The van der Waals surface area contributed by atoms with Crippen molar-refractivity contribution in [3.8, 4) is 0 Å². The van der Waals surface area contributed by atoms with E-state index in [2.05, 4.69) is 67.3 Å². The Labute approximate surface area is 228 Å². The smallest absolute Gasteiger partial charge is 0.0836 e. The second-order valence-corrected chi connectivity index (χ2v) is 13.5. The topological polar surface area (TPSA) is 0 Å². The van der Waals surface area contributed by atoms with Gasteiger partial charge in [-0.25, -0.2) is 0 Å². The molecule has 0 spiro atoms. The third-order valence-corrected chi connectivity index (χ3v) is 8.27. The van der Waals surface area contributed by atoms with Crippen LogP contribution in [0.25, 0.3) is 0 Å². The molecule has 0 fully saturated rings. The molecule has 0 aromatic heterocycles. The molecule has 0 saturated heterocycles. The quantitative estimate of drug-likeness (QED) is 0.103. The largest absolute Gasteiger partial charge is 0.331 e. The summed E-state index contributed by atoms with van der Waals surface area (Å²) < 4.78 is 2.29. The van der Waals surface area contributed by atoms with Crippen molar-refractivity contribution in [3.05, 3.63) is 34.9 Å². The van der Waals surface area contributed by atoms with Gasteiger partial charge in [0.25, 0.3) is 0 Å². The molecule has 0 unspecified atom stereocenters. The Morgan fingerprint density at radius 2 is 0.889 bits per heavy atom. The molecule has 2 heteroatoms. The van der Waals surface area contributed by atoms with Crippen LogP contribution in [0.2, 0.25) is 0 Å². The second-order valence-electron chi connectivity index (χ2n) is 13.5. The number of benzene rings is 1. The van der Waals surface area contributed by atoms with E-state index in [1.54, 1.807) is 5.56 Å². The molecule has 0 aliphatic heterocycles. The van der Waals surface area contributed by atoms with Crippen molar-refractivity contribution in [2.75, 3.05) is 54.9 Å². The lowest BCUT2D eigenvalue weighted by Gasteiger charge is -2.31. The molecule has 0 aliphatic rings. The summed E-state index contributed by atoms with van der Waals surface area (Å²) in [6, 6.07) is 6.77. The lowest BCUT2D eigenvalue weighted by molar-refractivity contribution is -0.902. The average molecular weight is 503 g/mol. The molecule has 1 aromatic carbocycles. The predicted octanol–water partition coefficient (Wildman–Crippen LogP) is 9.26. The van der Waals surface area contributed by atoms with Crippen molar-refractivity contribution >= 4 is 0 Å². The fourth-order valence-electron chi connectivity index (χ4n) is 5.50. The fraction of sp³-hybridized carbons (Fsp3) is 0.824. The summed E-state index contributed by atoms with van der Waals surface area (Å²) in [4.78, 5) is 0. The predicted molar refractivity (Wildman–Crippen MR) is 163 cm³/mol. The van der Waals surface area contributed by atoms with Crippen molar-refractivity contribution in [1.29, 1.82) is 0 Å². The van der Waals surface area contributed by atoms with Crippen LogP contribution in [0.3, 0.4) is 0 Å². The zero-order valence-corrected chi connectivity index (χ0v) is 26.0.